The summed E-state index contributed by atoms with van der Waals surface area (Å²) in [4.78, 5) is 70.1. The van der Waals surface area contributed by atoms with Crippen LogP contribution >= 0.6 is 11.6 Å². The predicted molar refractivity (Wildman–Crippen MR) is 192 cm³/mol. The number of nitrogens with zero attached hydrogens (tertiary/aromatic N) is 2. The van der Waals surface area contributed by atoms with Gasteiger partial charge in [0.25, 0.3) is 11.8 Å². The number of fused-ring (bicyclic) bond motifs is 1. The number of urea groups is 1. The molecule has 0 spiro atoms. The van der Waals surface area contributed by atoms with Gasteiger partial charge in [0.15, 0.2) is 11.8 Å². The molecule has 2 aromatic rings. The Kier molecular flexibility index (Phi) is 15.1. The second-order valence-electron chi connectivity index (χ2n) is 13.4. The van der Waals surface area contributed by atoms with E-state index in [9.17, 15) is 24.0 Å². The number of piperidine rings is 1. The number of amides is 4. The maximum atomic E-state index is 13.9. The van der Waals surface area contributed by atoms with Gasteiger partial charge in [-0.05, 0) is 56.2 Å². The number of carbonyl (C=O) groups is 5. The van der Waals surface area contributed by atoms with E-state index < -0.39 is 41.7 Å². The molecule has 2 saturated heterocycles. The summed E-state index contributed by atoms with van der Waals surface area (Å²) in [5.74, 6) is -2.41. The number of unbranched alkanes of at least 4 members (excludes halogenated alkanes) is 8. The van der Waals surface area contributed by atoms with Gasteiger partial charge in [0, 0.05) is 12.1 Å². The van der Waals surface area contributed by atoms with Crippen LogP contribution in [-0.4, -0.2) is 64.6 Å². The zero-order valence-electron chi connectivity index (χ0n) is 29.1. The molecule has 10 heteroatoms. The largest absolute Gasteiger partial charge is 0.462 e. The molecule has 0 saturated carbocycles. The molecule has 9 nitrogen and oxygen atoms in total. The second-order valence-corrected chi connectivity index (χ2v) is 13.8. The molecule has 0 aromatic heterocycles. The maximum Gasteiger partial charge on any atom is 0.338 e. The number of ether oxygens (including phenoxy) is 1. The first-order valence-electron chi connectivity index (χ1n) is 18.3. The maximum absolute atomic E-state index is 13.9. The van der Waals surface area contributed by atoms with Crippen molar-refractivity contribution >= 4 is 46.9 Å². The summed E-state index contributed by atoms with van der Waals surface area (Å²) >= 11 is 6.47. The second kappa shape index (κ2) is 19.5. The Morgan fingerprint density at radius 1 is 0.857 bits per heavy atom. The molecule has 4 amide bonds. The Morgan fingerprint density at radius 3 is 2.18 bits per heavy atom. The average molecular weight is 694 g/mol. The molecule has 0 bridgehead atoms. The zero-order chi connectivity index (χ0) is 35.2. The number of hydrogen-bond donors (Lipinski definition) is 1. The molecule has 2 heterocycles. The quantitative estimate of drug-likeness (QED) is 0.0487. The van der Waals surface area contributed by atoms with Crippen LogP contribution in [0.25, 0.3) is 0 Å². The lowest BCUT2D eigenvalue weighted by Crippen LogP contribution is -2.52. The highest BCUT2D eigenvalue weighted by molar-refractivity contribution is 6.34. The summed E-state index contributed by atoms with van der Waals surface area (Å²) in [6.45, 7) is 5.10. The van der Waals surface area contributed by atoms with Crippen LogP contribution < -0.4 is 5.32 Å². The average Bonchev–Trinajstić information content (AvgIpc) is 3.36. The number of benzene rings is 2. The number of esters is 1. The monoisotopic (exact) mass is 693 g/mol. The van der Waals surface area contributed by atoms with Crippen LogP contribution in [0, 0.1) is 5.92 Å². The lowest BCUT2D eigenvalue weighted by molar-refractivity contribution is -0.133. The van der Waals surface area contributed by atoms with E-state index in [1.807, 2.05) is 0 Å². The third-order valence-electron chi connectivity index (χ3n) is 9.63. The molecule has 2 aromatic carbocycles. The first-order valence-corrected chi connectivity index (χ1v) is 18.6. The van der Waals surface area contributed by atoms with Gasteiger partial charge in [0.1, 0.15) is 6.04 Å². The van der Waals surface area contributed by atoms with Gasteiger partial charge < -0.3 is 15.0 Å². The molecule has 0 radical (unpaired) electrons. The van der Waals surface area contributed by atoms with Gasteiger partial charge >= 0.3 is 12.0 Å². The van der Waals surface area contributed by atoms with Crippen molar-refractivity contribution in [3.05, 3.63) is 64.7 Å². The van der Waals surface area contributed by atoms with Crippen molar-refractivity contribution in [1.29, 1.82) is 0 Å². The summed E-state index contributed by atoms with van der Waals surface area (Å²) in [6.07, 6.45) is 15.9. The van der Waals surface area contributed by atoms with Crippen molar-refractivity contribution in [1.82, 2.24) is 9.80 Å². The third-order valence-corrected chi connectivity index (χ3v) is 9.96. The summed E-state index contributed by atoms with van der Waals surface area (Å²) < 4.78 is 5.80. The number of carbonyl (C=O) groups excluding carboxylic acids is 5. The molecule has 4 rings (SSSR count). The van der Waals surface area contributed by atoms with E-state index in [0.29, 0.717) is 19.6 Å². The Labute approximate surface area is 296 Å². The molecule has 0 aliphatic carbocycles. The Balaban J connectivity index is 1.47. The van der Waals surface area contributed by atoms with Crippen molar-refractivity contribution < 1.29 is 28.7 Å². The fourth-order valence-electron chi connectivity index (χ4n) is 6.77. The lowest BCUT2D eigenvalue weighted by Gasteiger charge is -2.26. The summed E-state index contributed by atoms with van der Waals surface area (Å²) in [6, 6.07) is 9.40. The van der Waals surface area contributed by atoms with Crippen molar-refractivity contribution in [2.75, 3.05) is 18.5 Å². The van der Waals surface area contributed by atoms with Gasteiger partial charge in [0.2, 0.25) is 0 Å². The fourth-order valence-corrected chi connectivity index (χ4v) is 6.94. The molecule has 2 fully saturated rings. The first-order chi connectivity index (χ1) is 23.8. The minimum absolute atomic E-state index is 0.0759. The van der Waals surface area contributed by atoms with E-state index in [4.69, 9.17) is 16.3 Å². The molecule has 49 heavy (non-hydrogen) atoms. The van der Waals surface area contributed by atoms with E-state index in [-0.39, 0.29) is 27.8 Å². The lowest BCUT2D eigenvalue weighted by atomic mass is 9.95. The van der Waals surface area contributed by atoms with Gasteiger partial charge in [-0.2, -0.15) is 0 Å². The SMILES string of the molecule is CCCCCCCCC(CCCCCC)COC(=O)c1ccc(Cl)c(NC(=O)C(C(=O)c2ccccc2)N2C(=O)C3CCCCN3C2=O)c1. The van der Waals surface area contributed by atoms with E-state index in [1.165, 1.54) is 80.2 Å². The van der Waals surface area contributed by atoms with Crippen LogP contribution in [0.3, 0.4) is 0 Å². The molecular weight excluding hydrogens is 642 g/mol. The number of anilines is 1. The van der Waals surface area contributed by atoms with E-state index >= 15 is 0 Å². The smallest absolute Gasteiger partial charge is 0.338 e. The number of hydrogen-bond acceptors (Lipinski definition) is 6. The van der Waals surface area contributed by atoms with Crippen molar-refractivity contribution in [2.45, 2.75) is 122 Å². The van der Waals surface area contributed by atoms with Crippen LogP contribution in [0.1, 0.15) is 131 Å². The molecule has 2 aliphatic rings. The van der Waals surface area contributed by atoms with Crippen molar-refractivity contribution in [3.63, 3.8) is 0 Å². The van der Waals surface area contributed by atoms with E-state index in [2.05, 4.69) is 19.2 Å². The number of imide groups is 1. The molecule has 1 N–H and O–H groups in total. The molecular formula is C39H52ClN3O6. The highest BCUT2D eigenvalue weighted by Crippen LogP contribution is 2.31. The van der Waals surface area contributed by atoms with Gasteiger partial charge in [0.05, 0.1) is 22.9 Å². The molecule has 3 atom stereocenters. The minimum atomic E-state index is -1.75. The fraction of sp³-hybridized carbons (Fsp3) is 0.564. The number of nitrogens with one attached hydrogen (secondary N) is 1. The molecule has 3 unspecified atom stereocenters. The Hall–Kier alpha value is -3.72. The number of Topliss-reactive ketones (excluding diaryl/α,β-unsaturated/α-hetero) is 1. The van der Waals surface area contributed by atoms with Gasteiger partial charge in [-0.3, -0.25) is 14.4 Å². The predicted octanol–water partition coefficient (Wildman–Crippen LogP) is 8.84. The Bertz CT molecular complexity index is 1410. The summed E-state index contributed by atoms with van der Waals surface area (Å²) in [7, 11) is 0. The Morgan fingerprint density at radius 2 is 1.51 bits per heavy atom. The first kappa shape index (κ1) is 38.1. The van der Waals surface area contributed by atoms with Gasteiger partial charge in [-0.25, -0.2) is 14.5 Å². The highest BCUT2D eigenvalue weighted by atomic mass is 35.5. The van der Waals surface area contributed by atoms with Crippen LogP contribution in [0.4, 0.5) is 10.5 Å². The summed E-state index contributed by atoms with van der Waals surface area (Å²) in [5.41, 5.74) is 0.453. The van der Waals surface area contributed by atoms with Crippen LogP contribution in [0.2, 0.25) is 5.02 Å². The third kappa shape index (κ3) is 10.4. The number of ketones is 1. The number of halogens is 1. The summed E-state index contributed by atoms with van der Waals surface area (Å²) in [5, 5.41) is 2.77. The van der Waals surface area contributed by atoms with E-state index in [1.54, 1.807) is 18.2 Å². The van der Waals surface area contributed by atoms with Gasteiger partial charge in [-0.1, -0.05) is 120 Å². The van der Waals surface area contributed by atoms with Crippen LogP contribution in [0.15, 0.2) is 48.5 Å². The minimum Gasteiger partial charge on any atom is -0.462 e. The van der Waals surface area contributed by atoms with Crippen LogP contribution in [-0.2, 0) is 14.3 Å². The van der Waals surface area contributed by atoms with Gasteiger partial charge in [-0.15, -0.1) is 0 Å². The van der Waals surface area contributed by atoms with Crippen molar-refractivity contribution in [2.24, 2.45) is 5.92 Å². The standard InChI is InChI=1S/C39H52ClN3O6/c1-3-5-7-9-10-13-19-28(18-12-8-6-4-2)27-49-38(47)30-23-24-31(40)32(26-30)41-36(45)34(35(44)29-20-14-11-15-21-29)43-37(46)33-22-16-17-25-42(33)39(43)48/h11,14-15,20-21,23-24,26,28,33-34H,3-10,12-13,16-19,22,25,27H2,1-2H3,(H,41,45). The highest BCUT2D eigenvalue weighted by Gasteiger charge is 2.52. The topological polar surface area (TPSA) is 113 Å². The molecule has 2 aliphatic heterocycles. The molecule has 266 valence electrons. The van der Waals surface area contributed by atoms with Crippen LogP contribution in [0.5, 0.6) is 0 Å². The zero-order valence-corrected chi connectivity index (χ0v) is 29.8. The van der Waals surface area contributed by atoms with Crippen molar-refractivity contribution in [3.8, 4) is 0 Å². The number of rotatable bonds is 20. The van der Waals surface area contributed by atoms with E-state index in [0.717, 1.165) is 49.8 Å². The normalized spacial score (nSPS) is 17.1.